The van der Waals surface area contributed by atoms with Crippen LogP contribution in [0.2, 0.25) is 0 Å². The lowest BCUT2D eigenvalue weighted by atomic mass is 9.98. The summed E-state index contributed by atoms with van der Waals surface area (Å²) in [4.78, 5) is 33.0. The van der Waals surface area contributed by atoms with Crippen molar-refractivity contribution < 1.29 is 32.2 Å². The van der Waals surface area contributed by atoms with Gasteiger partial charge in [-0.2, -0.15) is 0 Å². The summed E-state index contributed by atoms with van der Waals surface area (Å²) >= 11 is 0. The number of anilines is 1. The smallest absolute Gasteiger partial charge is 0.339 e. The number of methoxy groups -OCH3 is 3. The van der Waals surface area contributed by atoms with Crippen LogP contribution in [0.5, 0.6) is 11.5 Å². The third-order valence-corrected chi connectivity index (χ3v) is 10.2. The fourth-order valence-electron chi connectivity index (χ4n) is 6.71. The number of benzene rings is 4. The van der Waals surface area contributed by atoms with Gasteiger partial charge in [0.25, 0.3) is 5.91 Å². The number of carbonyl (C=O) groups excluding carboxylic acids is 2. The van der Waals surface area contributed by atoms with E-state index in [1.165, 1.54) is 28.3 Å². The molecule has 0 fully saturated rings. The Morgan fingerprint density at radius 3 is 2.35 bits per heavy atom. The van der Waals surface area contributed by atoms with Gasteiger partial charge in [0.2, 0.25) is 10.0 Å². The first kappa shape index (κ1) is 33.8. The van der Waals surface area contributed by atoms with Crippen molar-refractivity contribution in [3.05, 3.63) is 119 Å². The van der Waals surface area contributed by atoms with Gasteiger partial charge in [0.05, 0.1) is 55.6 Å². The topological polar surface area (TPSA) is 129 Å². The molecule has 2 aromatic heterocycles. The maximum atomic E-state index is 13.4. The largest absolute Gasteiger partial charge is 0.493 e. The van der Waals surface area contributed by atoms with Gasteiger partial charge in [-0.25, -0.2) is 22.2 Å². The highest BCUT2D eigenvalue weighted by molar-refractivity contribution is 7.89. The summed E-state index contributed by atoms with van der Waals surface area (Å²) in [6, 6.07) is 27.2. The standard InChI is InChI=1S/C39H36N4O7S/c1-48-36-20-26-15-16-42(23-29(26)21-37(36)49-2)22-24-9-14-34-28(17-24)19-35(43(34)51(4,46)47)27-10-12-30(39(45)50-3)33(18-27)41-38(44)32-13-11-25-7-5-6-8-31(25)40-32/h5-14,17-21H,15-16,22-23H2,1-4H3,(H,41,44). The number of fused-ring (bicyclic) bond motifs is 3. The van der Waals surface area contributed by atoms with Crippen molar-refractivity contribution in [2.75, 3.05) is 39.4 Å². The molecule has 6 aromatic rings. The van der Waals surface area contributed by atoms with E-state index in [4.69, 9.17) is 14.2 Å². The predicted molar refractivity (Wildman–Crippen MR) is 196 cm³/mol. The average molecular weight is 705 g/mol. The molecule has 7 rings (SSSR count). The number of para-hydroxylation sites is 1. The highest BCUT2D eigenvalue weighted by atomic mass is 32.2. The lowest BCUT2D eigenvalue weighted by Crippen LogP contribution is -2.30. The van der Waals surface area contributed by atoms with E-state index in [2.05, 4.69) is 15.2 Å². The Labute approximate surface area is 295 Å². The number of amides is 1. The van der Waals surface area contributed by atoms with E-state index < -0.39 is 21.9 Å². The van der Waals surface area contributed by atoms with Gasteiger partial charge in [0.1, 0.15) is 5.69 Å². The Bertz CT molecular complexity index is 2460. The van der Waals surface area contributed by atoms with E-state index >= 15 is 0 Å². The molecule has 0 radical (unpaired) electrons. The van der Waals surface area contributed by atoms with Crippen LogP contribution in [-0.4, -0.2) is 68.3 Å². The number of hydrogen-bond acceptors (Lipinski definition) is 9. The van der Waals surface area contributed by atoms with Crippen molar-refractivity contribution in [2.45, 2.75) is 19.5 Å². The van der Waals surface area contributed by atoms with Crippen LogP contribution in [0.25, 0.3) is 33.1 Å². The van der Waals surface area contributed by atoms with Gasteiger partial charge < -0.3 is 19.5 Å². The molecule has 3 heterocycles. The molecule has 4 aromatic carbocycles. The first-order valence-corrected chi connectivity index (χ1v) is 18.1. The molecule has 1 amide bonds. The minimum absolute atomic E-state index is 0.110. The number of nitrogens with one attached hydrogen (secondary N) is 1. The summed E-state index contributed by atoms with van der Waals surface area (Å²) in [6.07, 6.45) is 2.01. The van der Waals surface area contributed by atoms with Crippen LogP contribution in [0, 0.1) is 0 Å². The van der Waals surface area contributed by atoms with Crippen molar-refractivity contribution in [3.63, 3.8) is 0 Å². The zero-order chi connectivity index (χ0) is 35.9. The summed E-state index contributed by atoms with van der Waals surface area (Å²) in [5.74, 6) is 0.225. The molecule has 260 valence electrons. The van der Waals surface area contributed by atoms with Crippen LogP contribution in [0.15, 0.2) is 91.0 Å². The zero-order valence-electron chi connectivity index (χ0n) is 28.6. The number of carbonyl (C=O) groups is 2. The van der Waals surface area contributed by atoms with Gasteiger partial charge >= 0.3 is 5.97 Å². The van der Waals surface area contributed by atoms with Crippen molar-refractivity contribution >= 4 is 49.4 Å². The van der Waals surface area contributed by atoms with Gasteiger partial charge in [-0.15, -0.1) is 0 Å². The Kier molecular flexibility index (Phi) is 8.96. The summed E-state index contributed by atoms with van der Waals surface area (Å²) in [5.41, 5.74) is 5.89. The number of pyridine rings is 1. The van der Waals surface area contributed by atoms with Crippen LogP contribution in [0.3, 0.4) is 0 Å². The molecule has 0 saturated carbocycles. The fourth-order valence-corrected chi connectivity index (χ4v) is 7.74. The van der Waals surface area contributed by atoms with Crippen LogP contribution in [0.4, 0.5) is 5.69 Å². The number of nitrogens with zero attached hydrogens (tertiary/aromatic N) is 3. The average Bonchev–Trinajstić information content (AvgIpc) is 3.53. The third-order valence-electron chi connectivity index (χ3n) is 9.16. The Hall–Kier alpha value is -5.72. The number of ether oxygens (including phenoxy) is 3. The van der Waals surface area contributed by atoms with Gasteiger partial charge in [-0.1, -0.05) is 36.4 Å². The minimum atomic E-state index is -3.79. The molecule has 1 aliphatic rings. The van der Waals surface area contributed by atoms with Crippen molar-refractivity contribution in [1.29, 1.82) is 0 Å². The molecule has 0 spiro atoms. The zero-order valence-corrected chi connectivity index (χ0v) is 29.4. The highest BCUT2D eigenvalue weighted by Crippen LogP contribution is 2.36. The van der Waals surface area contributed by atoms with Crippen molar-refractivity contribution in [2.24, 2.45) is 0 Å². The summed E-state index contributed by atoms with van der Waals surface area (Å²) < 4.78 is 43.8. The van der Waals surface area contributed by atoms with E-state index in [1.54, 1.807) is 38.5 Å². The second-order valence-corrected chi connectivity index (χ2v) is 14.3. The monoisotopic (exact) mass is 704 g/mol. The Morgan fingerprint density at radius 2 is 1.61 bits per heavy atom. The summed E-state index contributed by atoms with van der Waals surface area (Å²) in [5, 5.41) is 4.42. The maximum absolute atomic E-state index is 13.4. The molecule has 0 saturated heterocycles. The minimum Gasteiger partial charge on any atom is -0.493 e. The second kappa shape index (κ2) is 13.5. The number of aromatic nitrogens is 2. The van der Waals surface area contributed by atoms with Crippen LogP contribution < -0.4 is 14.8 Å². The predicted octanol–water partition coefficient (Wildman–Crippen LogP) is 6.28. The van der Waals surface area contributed by atoms with Gasteiger partial charge in [-0.05, 0) is 77.7 Å². The molecule has 11 nitrogen and oxygen atoms in total. The van der Waals surface area contributed by atoms with E-state index in [0.29, 0.717) is 34.6 Å². The Morgan fingerprint density at radius 1 is 0.843 bits per heavy atom. The van der Waals surface area contributed by atoms with Crippen LogP contribution in [-0.2, 0) is 34.3 Å². The van der Waals surface area contributed by atoms with Crippen LogP contribution >= 0.6 is 0 Å². The second-order valence-electron chi connectivity index (χ2n) is 12.5. The van der Waals surface area contributed by atoms with E-state index in [-0.39, 0.29) is 16.9 Å². The lowest BCUT2D eigenvalue weighted by molar-refractivity contribution is 0.0602. The van der Waals surface area contributed by atoms with Crippen molar-refractivity contribution in [3.8, 4) is 22.8 Å². The summed E-state index contributed by atoms with van der Waals surface area (Å²) in [6.45, 7) is 2.25. The molecular weight excluding hydrogens is 669 g/mol. The molecule has 1 aliphatic heterocycles. The third kappa shape index (κ3) is 6.63. The molecule has 12 heteroatoms. The maximum Gasteiger partial charge on any atom is 0.339 e. The van der Waals surface area contributed by atoms with E-state index in [9.17, 15) is 18.0 Å². The lowest BCUT2D eigenvalue weighted by Gasteiger charge is -2.29. The Balaban J connectivity index is 1.22. The van der Waals surface area contributed by atoms with E-state index in [0.717, 1.165) is 47.9 Å². The fraction of sp³-hybridized carbons (Fsp3) is 0.205. The number of hydrogen-bond donors (Lipinski definition) is 1. The molecule has 0 aliphatic carbocycles. The van der Waals surface area contributed by atoms with Crippen molar-refractivity contribution in [1.82, 2.24) is 13.9 Å². The first-order chi connectivity index (χ1) is 24.6. The number of esters is 1. The SMILES string of the molecule is COC(=O)c1ccc(-c2cc3cc(CN4CCc5cc(OC)c(OC)cc5C4)ccc3n2S(C)(=O)=O)cc1NC(=O)c1ccc2ccccc2n1. The highest BCUT2D eigenvalue weighted by Gasteiger charge is 2.23. The molecule has 0 unspecified atom stereocenters. The normalized spacial score (nSPS) is 13.2. The molecule has 1 N–H and O–H groups in total. The molecule has 0 bridgehead atoms. The summed E-state index contributed by atoms with van der Waals surface area (Å²) in [7, 11) is 0.732. The first-order valence-electron chi connectivity index (χ1n) is 16.3. The molecule has 0 atom stereocenters. The van der Waals surface area contributed by atoms with Gasteiger partial charge in [-0.3, -0.25) is 9.69 Å². The quantitative estimate of drug-likeness (QED) is 0.173. The molecule has 51 heavy (non-hydrogen) atoms. The van der Waals surface area contributed by atoms with Gasteiger partial charge in [0, 0.05) is 36.0 Å². The number of rotatable bonds is 9. The molecular formula is C39H36N4O7S. The van der Waals surface area contributed by atoms with Crippen LogP contribution in [0.1, 0.15) is 37.5 Å². The van der Waals surface area contributed by atoms with Gasteiger partial charge in [0.15, 0.2) is 11.5 Å². The van der Waals surface area contributed by atoms with E-state index in [1.807, 2.05) is 60.7 Å².